The summed E-state index contributed by atoms with van der Waals surface area (Å²) in [5.74, 6) is 0.393. The number of nitrogens with one attached hydrogen (secondary N) is 2. The molecule has 0 radical (unpaired) electrons. The third kappa shape index (κ3) is 4.55. The van der Waals surface area contributed by atoms with Crippen LogP contribution in [-0.2, 0) is 9.53 Å². The molecule has 1 fully saturated rings. The number of ether oxygens (including phenoxy) is 1. The van der Waals surface area contributed by atoms with E-state index in [9.17, 15) is 4.79 Å². The second kappa shape index (κ2) is 7.57. The van der Waals surface area contributed by atoms with Crippen molar-refractivity contribution in [2.45, 2.75) is 45.6 Å². The van der Waals surface area contributed by atoms with Gasteiger partial charge in [0.25, 0.3) is 0 Å². The Hall–Kier alpha value is -1.39. The van der Waals surface area contributed by atoms with Gasteiger partial charge in [0.15, 0.2) is 0 Å². The van der Waals surface area contributed by atoms with E-state index in [0.29, 0.717) is 12.5 Å². The summed E-state index contributed by atoms with van der Waals surface area (Å²) in [5.41, 5.74) is 3.24. The van der Waals surface area contributed by atoms with E-state index >= 15 is 0 Å². The Morgan fingerprint density at radius 1 is 1.43 bits per heavy atom. The Labute approximate surface area is 127 Å². The van der Waals surface area contributed by atoms with E-state index in [1.165, 1.54) is 5.56 Å². The van der Waals surface area contributed by atoms with Gasteiger partial charge in [0.05, 0.1) is 12.6 Å². The van der Waals surface area contributed by atoms with Crippen molar-refractivity contribution in [3.05, 3.63) is 29.3 Å². The lowest BCUT2D eigenvalue weighted by atomic mass is 9.98. The Kier molecular flexibility index (Phi) is 5.76. The number of amides is 1. The van der Waals surface area contributed by atoms with E-state index in [-0.39, 0.29) is 12.0 Å². The van der Waals surface area contributed by atoms with E-state index in [2.05, 4.69) is 30.5 Å². The van der Waals surface area contributed by atoms with Crippen molar-refractivity contribution in [3.63, 3.8) is 0 Å². The number of hydrogen-bond donors (Lipinski definition) is 2. The molecule has 0 saturated carbocycles. The number of benzene rings is 1. The fourth-order valence-corrected chi connectivity index (χ4v) is 2.68. The van der Waals surface area contributed by atoms with Crippen LogP contribution in [0.3, 0.4) is 0 Å². The minimum absolute atomic E-state index is 0.00389. The molecule has 1 aromatic rings. The maximum atomic E-state index is 12.1. The summed E-state index contributed by atoms with van der Waals surface area (Å²) in [7, 11) is 0. The largest absolute Gasteiger partial charge is 0.377 e. The van der Waals surface area contributed by atoms with Crippen LogP contribution in [0.4, 0.5) is 5.69 Å². The summed E-state index contributed by atoms with van der Waals surface area (Å²) >= 11 is 0. The monoisotopic (exact) mass is 290 g/mol. The molecule has 1 saturated heterocycles. The fourth-order valence-electron chi connectivity index (χ4n) is 2.68. The quantitative estimate of drug-likeness (QED) is 0.847. The third-order valence-electron chi connectivity index (χ3n) is 3.87. The zero-order chi connectivity index (χ0) is 15.2. The Morgan fingerprint density at radius 3 is 2.90 bits per heavy atom. The maximum absolute atomic E-state index is 12.1. The smallest absolute Gasteiger partial charge is 0.238 e. The van der Waals surface area contributed by atoms with Gasteiger partial charge in [-0.25, -0.2) is 0 Å². The zero-order valence-electron chi connectivity index (χ0n) is 13.2. The molecule has 4 nitrogen and oxygen atoms in total. The molecule has 4 heteroatoms. The van der Waals surface area contributed by atoms with Gasteiger partial charge in [0, 0.05) is 18.8 Å². The predicted octanol–water partition coefficient (Wildman–Crippen LogP) is 2.83. The van der Waals surface area contributed by atoms with Gasteiger partial charge in [-0.15, -0.1) is 0 Å². The van der Waals surface area contributed by atoms with E-state index < -0.39 is 0 Å². The molecule has 2 rings (SSSR count). The molecule has 1 unspecified atom stereocenters. The van der Waals surface area contributed by atoms with Crippen LogP contribution in [0.1, 0.15) is 43.7 Å². The summed E-state index contributed by atoms with van der Waals surface area (Å²) in [6.07, 6.45) is 2.48. The lowest BCUT2D eigenvalue weighted by Crippen LogP contribution is -2.33. The Morgan fingerprint density at radius 2 is 2.24 bits per heavy atom. The topological polar surface area (TPSA) is 50.4 Å². The molecular formula is C17H26N2O2. The summed E-state index contributed by atoms with van der Waals surface area (Å²) in [4.78, 5) is 12.1. The van der Waals surface area contributed by atoms with Crippen molar-refractivity contribution in [2.24, 2.45) is 0 Å². The predicted molar refractivity (Wildman–Crippen MR) is 85.7 cm³/mol. The molecule has 0 spiro atoms. The Balaban J connectivity index is 1.87. The second-order valence-corrected chi connectivity index (χ2v) is 6.01. The average molecular weight is 290 g/mol. The first-order chi connectivity index (χ1) is 10.1. The molecule has 21 heavy (non-hydrogen) atoms. The van der Waals surface area contributed by atoms with Crippen molar-refractivity contribution in [1.29, 1.82) is 0 Å². The lowest BCUT2D eigenvalue weighted by molar-refractivity contribution is -0.115. The van der Waals surface area contributed by atoms with E-state index in [1.807, 2.05) is 19.1 Å². The van der Waals surface area contributed by atoms with Crippen LogP contribution in [0, 0.1) is 6.92 Å². The highest BCUT2D eigenvalue weighted by Gasteiger charge is 2.16. The van der Waals surface area contributed by atoms with Crippen molar-refractivity contribution >= 4 is 11.6 Å². The van der Waals surface area contributed by atoms with Crippen LogP contribution in [0.2, 0.25) is 0 Å². The van der Waals surface area contributed by atoms with Crippen LogP contribution in [-0.4, -0.2) is 31.7 Å². The van der Waals surface area contributed by atoms with Crippen molar-refractivity contribution < 1.29 is 9.53 Å². The molecule has 0 bridgehead atoms. The van der Waals surface area contributed by atoms with Crippen molar-refractivity contribution in [3.8, 4) is 0 Å². The van der Waals surface area contributed by atoms with Crippen molar-refractivity contribution in [1.82, 2.24) is 5.32 Å². The standard InChI is InChI=1S/C17H26N2O2/c1-12(2)15-8-4-6-13(3)17(15)19-16(20)11-18-10-14-7-5-9-21-14/h4,6,8,12,14,18H,5,7,9-11H2,1-3H3,(H,19,20). The lowest BCUT2D eigenvalue weighted by Gasteiger charge is -2.17. The summed E-state index contributed by atoms with van der Waals surface area (Å²) in [6.45, 7) is 8.23. The fraction of sp³-hybridized carbons (Fsp3) is 0.588. The minimum Gasteiger partial charge on any atom is -0.377 e. The number of anilines is 1. The molecule has 1 heterocycles. The first kappa shape index (κ1) is 16.0. The van der Waals surface area contributed by atoms with Gasteiger partial charge in [0.2, 0.25) is 5.91 Å². The van der Waals surface area contributed by atoms with Crippen LogP contribution in [0.25, 0.3) is 0 Å². The number of hydrogen-bond acceptors (Lipinski definition) is 3. The van der Waals surface area contributed by atoms with Gasteiger partial charge >= 0.3 is 0 Å². The van der Waals surface area contributed by atoms with Gasteiger partial charge in [-0.2, -0.15) is 0 Å². The molecule has 1 aromatic carbocycles. The number of para-hydroxylation sites is 1. The van der Waals surface area contributed by atoms with Gasteiger partial charge in [0.1, 0.15) is 0 Å². The number of carbonyl (C=O) groups excluding carboxylic acids is 1. The summed E-state index contributed by atoms with van der Waals surface area (Å²) in [5, 5.41) is 6.22. The van der Waals surface area contributed by atoms with E-state index in [4.69, 9.17) is 4.74 Å². The molecule has 0 aromatic heterocycles. The average Bonchev–Trinajstić information content (AvgIpc) is 2.94. The minimum atomic E-state index is 0.00389. The van der Waals surface area contributed by atoms with Gasteiger partial charge in [-0.1, -0.05) is 32.0 Å². The third-order valence-corrected chi connectivity index (χ3v) is 3.87. The molecular weight excluding hydrogens is 264 g/mol. The van der Waals surface area contributed by atoms with Crippen LogP contribution >= 0.6 is 0 Å². The van der Waals surface area contributed by atoms with Gasteiger partial charge in [-0.3, -0.25) is 4.79 Å². The zero-order valence-corrected chi connectivity index (χ0v) is 13.2. The summed E-state index contributed by atoms with van der Waals surface area (Å²) < 4.78 is 5.53. The Bertz CT molecular complexity index is 480. The van der Waals surface area contributed by atoms with E-state index in [0.717, 1.165) is 37.2 Å². The number of carbonyl (C=O) groups is 1. The normalized spacial score (nSPS) is 18.2. The molecule has 0 aliphatic carbocycles. The van der Waals surface area contributed by atoms with Crippen LogP contribution in [0.15, 0.2) is 18.2 Å². The summed E-state index contributed by atoms with van der Waals surface area (Å²) in [6, 6.07) is 6.14. The first-order valence-corrected chi connectivity index (χ1v) is 7.79. The highest BCUT2D eigenvalue weighted by atomic mass is 16.5. The molecule has 1 amide bonds. The second-order valence-electron chi connectivity index (χ2n) is 6.01. The van der Waals surface area contributed by atoms with E-state index in [1.54, 1.807) is 0 Å². The number of aryl methyl sites for hydroxylation is 1. The van der Waals surface area contributed by atoms with Gasteiger partial charge in [-0.05, 0) is 36.8 Å². The highest BCUT2D eigenvalue weighted by molar-refractivity contribution is 5.93. The van der Waals surface area contributed by atoms with Crippen LogP contribution in [0.5, 0.6) is 0 Å². The molecule has 1 aliphatic heterocycles. The highest BCUT2D eigenvalue weighted by Crippen LogP contribution is 2.27. The molecule has 2 N–H and O–H groups in total. The van der Waals surface area contributed by atoms with Crippen molar-refractivity contribution in [2.75, 3.05) is 25.0 Å². The first-order valence-electron chi connectivity index (χ1n) is 7.79. The van der Waals surface area contributed by atoms with Gasteiger partial charge < -0.3 is 15.4 Å². The SMILES string of the molecule is Cc1cccc(C(C)C)c1NC(=O)CNCC1CCCO1. The molecule has 1 atom stereocenters. The maximum Gasteiger partial charge on any atom is 0.238 e. The molecule has 116 valence electrons. The molecule has 1 aliphatic rings. The number of rotatable bonds is 6. The van der Waals surface area contributed by atoms with Crippen LogP contribution < -0.4 is 10.6 Å².